The van der Waals surface area contributed by atoms with Crippen molar-refractivity contribution >= 4 is 0 Å². The Balaban J connectivity index is 3.02. The Kier molecular flexibility index (Phi) is 30.3. The first-order valence-corrected chi connectivity index (χ1v) is 12.5. The summed E-state index contributed by atoms with van der Waals surface area (Å²) in [7, 11) is 1.65. The van der Waals surface area contributed by atoms with Gasteiger partial charge in [0, 0.05) is 13.7 Å². The van der Waals surface area contributed by atoms with E-state index < -0.39 is 0 Å². The average Bonchev–Trinajstić information content (AvgIpc) is 2.85. The summed E-state index contributed by atoms with van der Waals surface area (Å²) in [5.41, 5.74) is 0. The molecule has 206 valence electrons. The zero-order valence-corrected chi connectivity index (χ0v) is 21.8. The average molecular weight is 499 g/mol. The quantitative estimate of drug-likeness (QED) is 0.137. The van der Waals surface area contributed by atoms with Gasteiger partial charge in [-0.1, -0.05) is 20.3 Å². The smallest absolute Gasteiger partial charge is 0.0701 e. The number of ether oxygens (including phenoxy) is 10. The van der Waals surface area contributed by atoms with Crippen molar-refractivity contribution in [2.75, 3.05) is 133 Å². The monoisotopic (exact) mass is 498 g/mol. The fourth-order valence-electron chi connectivity index (χ4n) is 2.30. The molecule has 0 saturated heterocycles. The van der Waals surface area contributed by atoms with Crippen LogP contribution < -0.4 is 0 Å². The van der Waals surface area contributed by atoms with Gasteiger partial charge in [0.25, 0.3) is 0 Å². The summed E-state index contributed by atoms with van der Waals surface area (Å²) in [6.45, 7) is 15.2. The van der Waals surface area contributed by atoms with E-state index in [9.17, 15) is 0 Å². The lowest BCUT2D eigenvalue weighted by Gasteiger charge is -2.10. The highest BCUT2D eigenvalue weighted by molar-refractivity contribution is 4.46. The van der Waals surface area contributed by atoms with Gasteiger partial charge in [0.15, 0.2) is 0 Å². The predicted molar refractivity (Wildman–Crippen MR) is 129 cm³/mol. The molecule has 0 saturated carbocycles. The van der Waals surface area contributed by atoms with Gasteiger partial charge in [0.05, 0.1) is 119 Å². The molecule has 0 radical (unpaired) electrons. The highest BCUT2D eigenvalue weighted by Crippen LogP contribution is 1.99. The first-order chi connectivity index (χ1) is 16.8. The molecule has 0 N–H and O–H groups in total. The summed E-state index contributed by atoms with van der Waals surface area (Å²) < 4.78 is 53.7. The highest BCUT2D eigenvalue weighted by Gasteiger charge is 1.98. The molecule has 0 aromatic carbocycles. The molecule has 0 fully saturated rings. The normalized spacial score (nSPS) is 12.4. The molecule has 10 nitrogen and oxygen atoms in total. The van der Waals surface area contributed by atoms with Crippen LogP contribution >= 0.6 is 0 Å². The molecule has 1 atom stereocenters. The first kappa shape index (κ1) is 33.6. The van der Waals surface area contributed by atoms with E-state index in [1.165, 1.54) is 0 Å². The van der Waals surface area contributed by atoms with Crippen molar-refractivity contribution in [1.29, 1.82) is 0 Å². The van der Waals surface area contributed by atoms with Gasteiger partial charge in [-0.15, -0.1) is 0 Å². The van der Waals surface area contributed by atoms with Crippen LogP contribution in [0.2, 0.25) is 0 Å². The van der Waals surface area contributed by atoms with Crippen LogP contribution in [-0.4, -0.2) is 133 Å². The summed E-state index contributed by atoms with van der Waals surface area (Å²) in [5.74, 6) is 0.604. The van der Waals surface area contributed by atoms with Gasteiger partial charge >= 0.3 is 0 Å². The third kappa shape index (κ3) is 29.6. The van der Waals surface area contributed by atoms with Crippen LogP contribution in [0, 0.1) is 5.92 Å². The minimum absolute atomic E-state index is 0.532. The fourth-order valence-corrected chi connectivity index (χ4v) is 2.30. The molecule has 0 spiro atoms. The second kappa shape index (κ2) is 30.6. The van der Waals surface area contributed by atoms with Crippen molar-refractivity contribution in [3.05, 3.63) is 0 Å². The molecule has 0 aromatic heterocycles. The van der Waals surface area contributed by atoms with E-state index in [4.69, 9.17) is 47.4 Å². The molecule has 10 heteroatoms. The minimum Gasteiger partial charge on any atom is -0.382 e. The van der Waals surface area contributed by atoms with Gasteiger partial charge in [-0.05, 0) is 5.92 Å². The molecule has 0 aliphatic rings. The van der Waals surface area contributed by atoms with Crippen LogP contribution in [0.5, 0.6) is 0 Å². The summed E-state index contributed by atoms with van der Waals surface area (Å²) in [5, 5.41) is 0. The van der Waals surface area contributed by atoms with Crippen molar-refractivity contribution in [2.24, 2.45) is 5.92 Å². The third-order valence-electron chi connectivity index (χ3n) is 4.51. The number of hydrogen-bond donors (Lipinski definition) is 0. The first-order valence-electron chi connectivity index (χ1n) is 12.5. The molecule has 34 heavy (non-hydrogen) atoms. The van der Waals surface area contributed by atoms with Crippen molar-refractivity contribution < 1.29 is 47.4 Å². The fraction of sp³-hybridized carbons (Fsp3) is 1.00. The molecule has 0 aromatic rings. The molecule has 0 bridgehead atoms. The second-order valence-electron chi connectivity index (χ2n) is 7.48. The molecule has 0 aliphatic heterocycles. The minimum atomic E-state index is 0.532. The maximum atomic E-state index is 5.52. The van der Waals surface area contributed by atoms with Crippen LogP contribution in [0.15, 0.2) is 0 Å². The number of hydrogen-bond acceptors (Lipinski definition) is 10. The van der Waals surface area contributed by atoms with Crippen molar-refractivity contribution in [3.8, 4) is 0 Å². The maximum Gasteiger partial charge on any atom is 0.0701 e. The molecular weight excluding hydrogens is 448 g/mol. The van der Waals surface area contributed by atoms with Gasteiger partial charge in [0.2, 0.25) is 0 Å². The van der Waals surface area contributed by atoms with E-state index in [-0.39, 0.29) is 0 Å². The molecular formula is C24H50O10. The van der Waals surface area contributed by atoms with Gasteiger partial charge in [0.1, 0.15) is 0 Å². The van der Waals surface area contributed by atoms with E-state index in [1.807, 2.05) is 0 Å². The standard InChI is InChI=1S/C24H50O10/c1-4-24(2)23-34-22-21-33-20-19-32-18-17-31-16-15-30-14-13-29-12-11-28-10-9-27-8-7-26-6-5-25-3/h24H,4-23H2,1-3H3. The van der Waals surface area contributed by atoms with E-state index in [1.54, 1.807) is 7.11 Å². The van der Waals surface area contributed by atoms with Crippen LogP contribution in [0.1, 0.15) is 20.3 Å². The Morgan fingerprint density at radius 3 is 0.853 bits per heavy atom. The van der Waals surface area contributed by atoms with E-state index in [0.29, 0.717) is 125 Å². The summed E-state index contributed by atoms with van der Waals surface area (Å²) in [6.07, 6.45) is 1.14. The number of rotatable bonds is 30. The van der Waals surface area contributed by atoms with Gasteiger partial charge < -0.3 is 47.4 Å². The van der Waals surface area contributed by atoms with Crippen LogP contribution in [0.25, 0.3) is 0 Å². The highest BCUT2D eigenvalue weighted by atomic mass is 16.6. The Morgan fingerprint density at radius 2 is 0.618 bits per heavy atom. The molecule has 0 amide bonds. The Labute approximate surface area is 206 Å². The molecule has 1 unspecified atom stereocenters. The van der Waals surface area contributed by atoms with E-state index >= 15 is 0 Å². The zero-order valence-electron chi connectivity index (χ0n) is 21.8. The lowest BCUT2D eigenvalue weighted by Crippen LogP contribution is -2.15. The molecule has 0 rings (SSSR count). The lowest BCUT2D eigenvalue weighted by atomic mass is 10.1. The van der Waals surface area contributed by atoms with E-state index in [0.717, 1.165) is 13.0 Å². The largest absolute Gasteiger partial charge is 0.382 e. The maximum absolute atomic E-state index is 5.52. The van der Waals surface area contributed by atoms with Crippen molar-refractivity contribution in [2.45, 2.75) is 20.3 Å². The van der Waals surface area contributed by atoms with Crippen LogP contribution in [0.4, 0.5) is 0 Å². The SMILES string of the molecule is CCC(C)COCCOCCOCCOCCOCCOCCOCCOCCOCCOC. The molecule has 0 aliphatic carbocycles. The molecule has 0 heterocycles. The topological polar surface area (TPSA) is 92.3 Å². The third-order valence-corrected chi connectivity index (χ3v) is 4.51. The number of methoxy groups -OCH3 is 1. The summed E-state index contributed by atoms with van der Waals surface area (Å²) in [4.78, 5) is 0. The van der Waals surface area contributed by atoms with Crippen molar-refractivity contribution in [1.82, 2.24) is 0 Å². The summed E-state index contributed by atoms with van der Waals surface area (Å²) in [6, 6.07) is 0. The Morgan fingerprint density at radius 1 is 0.382 bits per heavy atom. The zero-order chi connectivity index (χ0) is 24.8. The van der Waals surface area contributed by atoms with Gasteiger partial charge in [-0.3, -0.25) is 0 Å². The van der Waals surface area contributed by atoms with Gasteiger partial charge in [-0.2, -0.15) is 0 Å². The summed E-state index contributed by atoms with van der Waals surface area (Å²) >= 11 is 0. The lowest BCUT2D eigenvalue weighted by molar-refractivity contribution is -0.0263. The van der Waals surface area contributed by atoms with Gasteiger partial charge in [-0.25, -0.2) is 0 Å². The second-order valence-corrected chi connectivity index (χ2v) is 7.48. The Hall–Kier alpha value is -0.400. The van der Waals surface area contributed by atoms with Crippen LogP contribution in [-0.2, 0) is 47.4 Å². The predicted octanol–water partition coefficient (Wildman–Crippen LogP) is 1.83. The van der Waals surface area contributed by atoms with Crippen LogP contribution in [0.3, 0.4) is 0 Å². The Bertz CT molecular complexity index is 363. The van der Waals surface area contributed by atoms with E-state index in [2.05, 4.69) is 13.8 Å². The van der Waals surface area contributed by atoms with Crippen molar-refractivity contribution in [3.63, 3.8) is 0 Å².